The van der Waals surface area contributed by atoms with Crippen molar-refractivity contribution in [3.8, 4) is 0 Å². The highest BCUT2D eigenvalue weighted by molar-refractivity contribution is 8.00. The average molecular weight is 238 g/mol. The van der Waals surface area contributed by atoms with Gasteiger partial charge in [0.1, 0.15) is 0 Å². The third-order valence-corrected chi connectivity index (χ3v) is 3.95. The van der Waals surface area contributed by atoms with Gasteiger partial charge in [0.15, 0.2) is 5.78 Å². The molecule has 0 aliphatic carbocycles. The maximum atomic E-state index is 11.9. The number of carbonyl (C=O) groups is 1. The molecule has 1 aromatic carbocycles. The molecular weight excluding hydrogens is 220 g/mol. The van der Waals surface area contributed by atoms with E-state index >= 15 is 0 Å². The number of ketones is 1. The van der Waals surface area contributed by atoms with Crippen LogP contribution in [0.25, 0.3) is 0 Å². The Kier molecular flexibility index (Phi) is 5.03. The quantitative estimate of drug-likeness (QED) is 0.801. The molecule has 0 saturated carbocycles. The van der Waals surface area contributed by atoms with Crippen LogP contribution in [0, 0.1) is 6.92 Å². The van der Waals surface area contributed by atoms with E-state index in [4.69, 9.17) is 0 Å². The second-order valence-corrected chi connectivity index (χ2v) is 5.36. The summed E-state index contributed by atoms with van der Waals surface area (Å²) in [5, 5.41) is 9.42. The molecule has 88 valence electrons. The molecule has 0 aromatic heterocycles. The predicted molar refractivity (Wildman–Crippen MR) is 69.1 cm³/mol. The summed E-state index contributed by atoms with van der Waals surface area (Å²) in [7, 11) is 0. The minimum absolute atomic E-state index is 0.0907. The lowest BCUT2D eigenvalue weighted by Crippen LogP contribution is -2.17. The van der Waals surface area contributed by atoms with Crippen molar-refractivity contribution in [2.45, 2.75) is 32.1 Å². The molecule has 2 nitrogen and oxygen atoms in total. The van der Waals surface area contributed by atoms with Crippen LogP contribution >= 0.6 is 11.8 Å². The molecule has 1 N–H and O–H groups in total. The van der Waals surface area contributed by atoms with Crippen LogP contribution in [0.5, 0.6) is 0 Å². The summed E-state index contributed by atoms with van der Waals surface area (Å²) in [6.45, 7) is 5.62. The van der Waals surface area contributed by atoms with Gasteiger partial charge in [-0.05, 0) is 19.4 Å². The largest absolute Gasteiger partial charge is 0.392 e. The fraction of sp³-hybridized carbons (Fsp3) is 0.462. The van der Waals surface area contributed by atoms with Crippen LogP contribution in [0.1, 0.15) is 29.8 Å². The van der Waals surface area contributed by atoms with Crippen molar-refractivity contribution >= 4 is 17.5 Å². The standard InChI is InChI=1S/C13H18O2S/c1-9-6-4-5-7-12(9)13(15)8-16-11(3)10(2)14/h4-7,10-11,14H,8H2,1-3H3. The lowest BCUT2D eigenvalue weighted by Gasteiger charge is -2.13. The molecule has 2 unspecified atom stereocenters. The fourth-order valence-electron chi connectivity index (χ4n) is 1.31. The molecule has 0 radical (unpaired) electrons. The molecule has 1 rings (SSSR count). The normalized spacial score (nSPS) is 14.5. The Hall–Kier alpha value is -0.800. The number of aliphatic hydroxyl groups is 1. The number of hydrogen-bond acceptors (Lipinski definition) is 3. The van der Waals surface area contributed by atoms with Gasteiger partial charge in [-0.15, -0.1) is 11.8 Å². The third-order valence-electron chi connectivity index (χ3n) is 2.60. The first-order chi connectivity index (χ1) is 7.52. The van der Waals surface area contributed by atoms with Crippen LogP contribution in [0.4, 0.5) is 0 Å². The molecule has 0 saturated heterocycles. The highest BCUT2D eigenvalue weighted by Crippen LogP contribution is 2.17. The Morgan fingerprint density at radius 2 is 2.00 bits per heavy atom. The number of Topliss-reactive ketones (excluding diaryl/α,β-unsaturated/α-hetero) is 1. The Bertz CT molecular complexity index is 361. The fourth-order valence-corrected chi connectivity index (χ4v) is 2.16. The number of rotatable bonds is 5. The lowest BCUT2D eigenvalue weighted by atomic mass is 10.1. The van der Waals surface area contributed by atoms with Crippen LogP contribution in [0.2, 0.25) is 0 Å². The average Bonchev–Trinajstić information content (AvgIpc) is 2.25. The van der Waals surface area contributed by atoms with E-state index < -0.39 is 0 Å². The van der Waals surface area contributed by atoms with Crippen molar-refractivity contribution in [1.82, 2.24) is 0 Å². The first kappa shape index (κ1) is 13.3. The molecule has 2 atom stereocenters. The van der Waals surface area contributed by atoms with Crippen LogP contribution in [0.3, 0.4) is 0 Å². The minimum atomic E-state index is -0.380. The van der Waals surface area contributed by atoms with E-state index in [0.717, 1.165) is 11.1 Å². The van der Waals surface area contributed by atoms with Crippen LogP contribution in [0.15, 0.2) is 24.3 Å². The zero-order valence-corrected chi connectivity index (χ0v) is 10.8. The zero-order valence-electron chi connectivity index (χ0n) is 9.93. The Labute approximate surface area is 101 Å². The van der Waals surface area contributed by atoms with Gasteiger partial charge in [-0.3, -0.25) is 4.79 Å². The Morgan fingerprint density at radius 3 is 2.56 bits per heavy atom. The van der Waals surface area contributed by atoms with Gasteiger partial charge in [0.05, 0.1) is 11.9 Å². The molecular formula is C13H18O2S. The molecule has 0 bridgehead atoms. The zero-order chi connectivity index (χ0) is 12.1. The van der Waals surface area contributed by atoms with Crippen molar-refractivity contribution in [2.24, 2.45) is 0 Å². The van der Waals surface area contributed by atoms with Crippen LogP contribution in [-0.4, -0.2) is 28.0 Å². The second-order valence-electron chi connectivity index (χ2n) is 3.99. The highest BCUT2D eigenvalue weighted by Gasteiger charge is 2.13. The third kappa shape index (κ3) is 3.65. The van der Waals surface area contributed by atoms with Crippen molar-refractivity contribution in [1.29, 1.82) is 0 Å². The SMILES string of the molecule is Cc1ccccc1C(=O)CSC(C)C(C)O. The van der Waals surface area contributed by atoms with Gasteiger partial charge in [-0.2, -0.15) is 0 Å². The first-order valence-corrected chi connectivity index (χ1v) is 6.45. The highest BCUT2D eigenvalue weighted by atomic mass is 32.2. The smallest absolute Gasteiger partial charge is 0.172 e. The Morgan fingerprint density at radius 1 is 1.38 bits per heavy atom. The monoisotopic (exact) mass is 238 g/mol. The maximum absolute atomic E-state index is 11.9. The van der Waals surface area contributed by atoms with Gasteiger partial charge in [0.25, 0.3) is 0 Å². The maximum Gasteiger partial charge on any atom is 0.172 e. The van der Waals surface area contributed by atoms with Gasteiger partial charge < -0.3 is 5.11 Å². The topological polar surface area (TPSA) is 37.3 Å². The summed E-state index contributed by atoms with van der Waals surface area (Å²) < 4.78 is 0. The number of aryl methyl sites for hydroxylation is 1. The molecule has 0 spiro atoms. The van der Waals surface area contributed by atoms with E-state index in [1.165, 1.54) is 11.8 Å². The summed E-state index contributed by atoms with van der Waals surface area (Å²) in [6.07, 6.45) is -0.380. The lowest BCUT2D eigenvalue weighted by molar-refractivity contribution is 0.102. The van der Waals surface area contributed by atoms with Gasteiger partial charge in [0.2, 0.25) is 0 Å². The molecule has 0 amide bonds. The summed E-state index contributed by atoms with van der Waals surface area (Å²) >= 11 is 1.50. The summed E-state index contributed by atoms with van der Waals surface area (Å²) in [5.74, 6) is 0.562. The predicted octanol–water partition coefficient (Wildman–Crippen LogP) is 2.68. The molecule has 0 aliphatic heterocycles. The van der Waals surface area contributed by atoms with E-state index in [9.17, 15) is 9.90 Å². The first-order valence-electron chi connectivity index (χ1n) is 5.41. The Balaban J connectivity index is 2.57. The molecule has 0 fully saturated rings. The van der Waals surface area contributed by atoms with Crippen LogP contribution < -0.4 is 0 Å². The number of hydrogen-bond donors (Lipinski definition) is 1. The van der Waals surface area contributed by atoms with Crippen molar-refractivity contribution in [3.05, 3.63) is 35.4 Å². The van der Waals surface area contributed by atoms with E-state index in [-0.39, 0.29) is 17.1 Å². The number of benzene rings is 1. The van der Waals surface area contributed by atoms with Crippen LogP contribution in [-0.2, 0) is 0 Å². The minimum Gasteiger partial charge on any atom is -0.392 e. The van der Waals surface area contributed by atoms with Crippen molar-refractivity contribution in [2.75, 3.05) is 5.75 Å². The van der Waals surface area contributed by atoms with Gasteiger partial charge in [-0.1, -0.05) is 31.2 Å². The number of thioether (sulfide) groups is 1. The van der Waals surface area contributed by atoms with Gasteiger partial charge in [-0.25, -0.2) is 0 Å². The molecule has 3 heteroatoms. The molecule has 0 aliphatic rings. The number of carbonyl (C=O) groups excluding carboxylic acids is 1. The van der Waals surface area contributed by atoms with E-state index in [0.29, 0.717) is 5.75 Å². The summed E-state index contributed by atoms with van der Waals surface area (Å²) in [4.78, 5) is 11.9. The van der Waals surface area contributed by atoms with Gasteiger partial charge in [0, 0.05) is 10.8 Å². The molecule has 1 aromatic rings. The second kappa shape index (κ2) is 6.06. The summed E-state index contributed by atoms with van der Waals surface area (Å²) in [6, 6.07) is 7.60. The van der Waals surface area contributed by atoms with E-state index in [2.05, 4.69) is 0 Å². The molecule has 0 heterocycles. The van der Waals surface area contributed by atoms with Gasteiger partial charge >= 0.3 is 0 Å². The van der Waals surface area contributed by atoms with E-state index in [1.54, 1.807) is 6.92 Å². The van der Waals surface area contributed by atoms with Crippen molar-refractivity contribution in [3.63, 3.8) is 0 Å². The molecule has 16 heavy (non-hydrogen) atoms. The number of aliphatic hydroxyl groups excluding tert-OH is 1. The van der Waals surface area contributed by atoms with Crippen molar-refractivity contribution < 1.29 is 9.90 Å². The van der Waals surface area contributed by atoms with E-state index in [1.807, 2.05) is 38.1 Å². The summed E-state index contributed by atoms with van der Waals surface area (Å²) in [5.41, 5.74) is 1.80.